The Morgan fingerprint density at radius 1 is 0.210 bits per heavy atom. The molecule has 5 heteroatoms. The number of allylic oxidation sites excluding steroid dienone is 32. The van der Waals surface area contributed by atoms with Crippen molar-refractivity contribution in [3.05, 3.63) is 179 Å². The van der Waals surface area contributed by atoms with E-state index in [1.807, 2.05) is 44.6 Å². The van der Waals surface area contributed by atoms with Crippen LogP contribution >= 0.6 is 0 Å². The molecular weight excluding hydrogens is 1070 g/mol. The van der Waals surface area contributed by atoms with Gasteiger partial charge in [0.1, 0.15) is 0 Å². The van der Waals surface area contributed by atoms with Gasteiger partial charge in [-0.05, 0) is 0 Å². The van der Waals surface area contributed by atoms with Crippen molar-refractivity contribution in [2.24, 2.45) is 0 Å². The van der Waals surface area contributed by atoms with Gasteiger partial charge in [0.25, 0.3) is 0 Å². The molecule has 1 spiro atoms. The van der Waals surface area contributed by atoms with E-state index in [9.17, 15) is 0 Å². The van der Waals surface area contributed by atoms with Gasteiger partial charge < -0.3 is 0 Å². The Kier molecular flexibility index (Phi) is 9.19. The fourth-order valence-corrected chi connectivity index (χ4v) is 131. The van der Waals surface area contributed by atoms with Gasteiger partial charge in [-0.25, -0.2) is 0 Å². The van der Waals surface area contributed by atoms with Crippen LogP contribution in [0.3, 0.4) is 0 Å². The zero-order valence-electron chi connectivity index (χ0n) is 50.7. The molecule has 0 aromatic heterocycles. The van der Waals surface area contributed by atoms with Crippen LogP contribution in [0.2, 0.25) is 60.0 Å². The first kappa shape index (κ1) is 49.5. The molecule has 20 rings (SSSR count). The van der Waals surface area contributed by atoms with Crippen molar-refractivity contribution in [3.63, 3.8) is 0 Å². The summed E-state index contributed by atoms with van der Waals surface area (Å²) in [7, 11) is -7.10. The predicted octanol–water partition coefficient (Wildman–Crippen LogP) is 20.9. The summed E-state index contributed by atoms with van der Waals surface area (Å²) in [5.41, 5.74) is 33.9. The topological polar surface area (TPSA) is 0 Å². The fraction of sp³-hybridized carbons (Fsp3) is 0.579. The van der Waals surface area contributed by atoms with Gasteiger partial charge in [0.2, 0.25) is 0 Å². The minimum atomic E-state index is -8.13. The van der Waals surface area contributed by atoms with Crippen molar-refractivity contribution >= 4 is 35.2 Å². The number of hydrogen-bond donors (Lipinski definition) is 0. The van der Waals surface area contributed by atoms with E-state index >= 15 is 0 Å². The molecule has 0 bridgehead atoms. The van der Waals surface area contributed by atoms with E-state index in [1.54, 1.807) is 0 Å². The average molecular weight is 1170 g/mol. The third kappa shape index (κ3) is 4.16. The Balaban J connectivity index is 1.26. The molecule has 0 saturated carbocycles. The van der Waals surface area contributed by atoms with E-state index in [0.29, 0.717) is 33.8 Å². The summed E-state index contributed by atoms with van der Waals surface area (Å²) in [4.78, 5) is 0. The molecule has 8 atom stereocenters. The van der Waals surface area contributed by atoms with Gasteiger partial charge >= 0.3 is 491 Å². The number of hydrogen-bond acceptors (Lipinski definition) is 0. The van der Waals surface area contributed by atoms with Crippen LogP contribution < -0.4 is 0 Å². The molecule has 4 heterocycles. The molecular formula is C76H96Si4Ti. The first-order valence-electron chi connectivity index (χ1n) is 35.8. The van der Waals surface area contributed by atoms with Gasteiger partial charge in [-0.3, -0.25) is 0 Å². The van der Waals surface area contributed by atoms with Crippen LogP contribution in [0.5, 0.6) is 0 Å². The van der Waals surface area contributed by atoms with E-state index in [2.05, 4.69) is 161 Å². The van der Waals surface area contributed by atoms with E-state index in [0.717, 1.165) is 0 Å². The monoisotopic (exact) mass is 1170 g/mol. The summed E-state index contributed by atoms with van der Waals surface area (Å²) in [5.74, 6) is 0. The van der Waals surface area contributed by atoms with Crippen LogP contribution in [0, 0.1) is 0 Å². The van der Waals surface area contributed by atoms with Crippen LogP contribution in [0.15, 0.2) is 179 Å². The van der Waals surface area contributed by atoms with Gasteiger partial charge in [0.05, 0.1) is 0 Å². The molecule has 0 amide bonds. The third-order valence-corrected chi connectivity index (χ3v) is 87.8. The summed E-state index contributed by atoms with van der Waals surface area (Å²) in [6.45, 7) is 12.5. The standard InChI is InChI=1S/4C19H24Si.Ti/c4*1-20(18-10-14-6-2-3-7-15(14)11-18)19-12-16-8-4-5-9-17(16)13-19;/h4*10-13,20H,2-9H2,1H3;. The van der Waals surface area contributed by atoms with E-state index < -0.39 is 46.6 Å². The first-order chi connectivity index (χ1) is 39.7. The van der Waals surface area contributed by atoms with Crippen molar-refractivity contribution in [1.29, 1.82) is 0 Å². The summed E-state index contributed by atoms with van der Waals surface area (Å²) >= 11 is -8.13. The Morgan fingerprint density at radius 3 is 0.469 bits per heavy atom. The van der Waals surface area contributed by atoms with Crippen LogP contribution in [0.25, 0.3) is 0 Å². The quantitative estimate of drug-likeness (QED) is 0.212. The molecule has 4 saturated heterocycles. The average Bonchev–Trinajstić information content (AvgIpc) is 1.50. The van der Waals surface area contributed by atoms with Gasteiger partial charge in [0, 0.05) is 0 Å². The molecule has 0 radical (unpaired) electrons. The van der Waals surface area contributed by atoms with Crippen LogP contribution in [0.4, 0.5) is 0 Å². The second-order valence-electron chi connectivity index (χ2n) is 34.2. The van der Waals surface area contributed by atoms with Gasteiger partial charge in [0.15, 0.2) is 0 Å². The SMILES string of the molecule is C[SiH]1C2=CC3=C(CCCC3)[CH]2[Ti]234([CH]5C1=CC1=C5CCCC1)([CH]1C(=CC5=C1CCCC5)[SiH](C)C1=CC5=C(CCCC5)[CH]12)([CH]1C(=CC2=C1CCCC2)[SiH](C)C1=CC2=C(CCCC2)[CH]13)[CH]1C(=CC2=C1CCCC2)[SiH](C)C1=CC2=C(CCCC2)[CH]14. The van der Waals surface area contributed by atoms with Crippen molar-refractivity contribution in [1.82, 2.24) is 0 Å². The van der Waals surface area contributed by atoms with Gasteiger partial charge in [-0.1, -0.05) is 0 Å². The molecule has 4 fully saturated rings. The minimum absolute atomic E-state index is 0.605. The second-order valence-corrected chi connectivity index (χ2v) is 67.1. The second kappa shape index (κ2) is 15.0. The summed E-state index contributed by atoms with van der Waals surface area (Å²) in [5, 5.41) is 18.1. The number of fused-ring (bicyclic) bond motifs is 16. The normalized spacial score (nSPS) is 44.2. The molecule has 0 nitrogen and oxygen atoms in total. The Bertz CT molecular complexity index is 3070. The molecule has 0 aromatic carbocycles. The maximum atomic E-state index is 3.34. The molecule has 8 unspecified atom stereocenters. The Morgan fingerprint density at radius 2 is 0.333 bits per heavy atom. The fourth-order valence-electron chi connectivity index (χ4n) is 34.9. The van der Waals surface area contributed by atoms with Crippen molar-refractivity contribution in [2.45, 2.75) is 265 Å². The van der Waals surface area contributed by atoms with Crippen LogP contribution in [-0.2, 0) is 11.5 Å². The predicted molar refractivity (Wildman–Crippen MR) is 351 cm³/mol. The van der Waals surface area contributed by atoms with Crippen LogP contribution in [0.1, 0.15) is 205 Å². The molecule has 20 aliphatic rings. The summed E-state index contributed by atoms with van der Waals surface area (Å²) < 4.78 is 4.84. The molecule has 4 aliphatic heterocycles. The third-order valence-electron chi connectivity index (χ3n) is 34.0. The molecule has 0 aromatic rings. The molecule has 81 heavy (non-hydrogen) atoms. The molecule has 420 valence electrons. The first-order valence-corrected chi connectivity index (χ1v) is 52.3. The van der Waals surface area contributed by atoms with Crippen molar-refractivity contribution in [2.75, 3.05) is 0 Å². The summed E-state index contributed by atoms with van der Waals surface area (Å²) in [6.07, 6.45) is 72.0. The zero-order valence-corrected chi connectivity index (χ0v) is 56.9. The van der Waals surface area contributed by atoms with Crippen molar-refractivity contribution < 1.29 is 11.5 Å². The van der Waals surface area contributed by atoms with E-state index in [-0.39, 0.29) is 0 Å². The van der Waals surface area contributed by atoms with E-state index in [1.165, 1.54) is 205 Å². The molecule has 16 aliphatic carbocycles. The Hall–Kier alpha value is -2.58. The van der Waals surface area contributed by atoms with Gasteiger partial charge in [-0.2, -0.15) is 0 Å². The van der Waals surface area contributed by atoms with Gasteiger partial charge in [-0.15, -0.1) is 0 Å². The molecule has 0 N–H and O–H groups in total. The summed E-state index contributed by atoms with van der Waals surface area (Å²) in [6, 6.07) is 0. The van der Waals surface area contributed by atoms with Crippen molar-refractivity contribution in [3.8, 4) is 0 Å². The zero-order chi connectivity index (χ0) is 53.4. The van der Waals surface area contributed by atoms with E-state index in [4.69, 9.17) is 0 Å². The maximum absolute atomic E-state index is 8.13. The Labute approximate surface area is 487 Å². The van der Waals surface area contributed by atoms with Crippen LogP contribution in [-0.4, -0.2) is 35.2 Å². The number of rotatable bonds is 0.